The summed E-state index contributed by atoms with van der Waals surface area (Å²) in [4.78, 5) is 13.2. The molecule has 1 aliphatic heterocycles. The minimum Gasteiger partial charge on any atom is -0.402 e. The Hall–Kier alpha value is -1.44. The quantitative estimate of drug-likeness (QED) is 0.325. The van der Waals surface area contributed by atoms with E-state index in [2.05, 4.69) is 41.5 Å². The summed E-state index contributed by atoms with van der Waals surface area (Å²) < 4.78 is 34.0. The second-order valence-electron chi connectivity index (χ2n) is 8.82. The normalized spacial score (nSPS) is 20.9. The van der Waals surface area contributed by atoms with Crippen LogP contribution in [0.15, 0.2) is 41.3 Å². The Morgan fingerprint density at radius 2 is 1.48 bits per heavy atom. The lowest BCUT2D eigenvalue weighted by Gasteiger charge is -2.51. The van der Waals surface area contributed by atoms with Crippen LogP contribution in [0.25, 0.3) is 0 Å². The highest BCUT2D eigenvalue weighted by atomic mass is 32.2. The molecule has 29 heavy (non-hydrogen) atoms. The summed E-state index contributed by atoms with van der Waals surface area (Å²) in [7, 11) is -6.25. The van der Waals surface area contributed by atoms with Crippen molar-refractivity contribution < 1.29 is 17.6 Å². The van der Waals surface area contributed by atoms with E-state index in [1.165, 1.54) is 0 Å². The SMILES string of the molecule is C/C=C\[C@H]1[C@@H](O[Si](C(C)C)(C(C)C)C(C)C)C(=O)N1S(=O)(=O)c1ccc(C)cc1. The van der Waals surface area contributed by atoms with Crippen LogP contribution in [0.1, 0.15) is 54.0 Å². The zero-order valence-electron chi connectivity index (χ0n) is 18.8. The standard InChI is InChI=1S/C22H35NO4SSi/c1-9-10-20-21(27-29(15(2)3,16(4)5)17(6)7)22(24)23(20)28(25,26)19-13-11-18(8)12-14-19/h9-17,20-21H,1-8H3/b10-9-/t20-,21+/m0/s1. The van der Waals surface area contributed by atoms with Crippen molar-refractivity contribution in [1.82, 2.24) is 4.31 Å². The molecule has 7 heteroatoms. The molecule has 0 radical (unpaired) electrons. The number of benzene rings is 1. The van der Waals surface area contributed by atoms with Gasteiger partial charge in [0.15, 0.2) is 6.10 Å². The van der Waals surface area contributed by atoms with Gasteiger partial charge in [-0.15, -0.1) is 0 Å². The number of β-lactam (4-membered cyclic amide) rings is 1. The topological polar surface area (TPSA) is 63.7 Å². The number of sulfonamides is 1. The van der Waals surface area contributed by atoms with Gasteiger partial charge in [0, 0.05) is 0 Å². The smallest absolute Gasteiger partial charge is 0.267 e. The van der Waals surface area contributed by atoms with Gasteiger partial charge in [0.2, 0.25) is 8.32 Å². The Morgan fingerprint density at radius 1 is 1.00 bits per heavy atom. The van der Waals surface area contributed by atoms with E-state index < -0.39 is 36.4 Å². The molecule has 5 nitrogen and oxygen atoms in total. The van der Waals surface area contributed by atoms with E-state index in [9.17, 15) is 13.2 Å². The van der Waals surface area contributed by atoms with Crippen LogP contribution in [0.4, 0.5) is 0 Å². The van der Waals surface area contributed by atoms with Crippen LogP contribution in [0, 0.1) is 6.92 Å². The second-order valence-corrected chi connectivity index (χ2v) is 16.0. The molecule has 0 unspecified atom stereocenters. The summed E-state index contributed by atoms with van der Waals surface area (Å²) in [6.07, 6.45) is 2.80. The summed E-state index contributed by atoms with van der Waals surface area (Å²) in [6, 6.07) is 5.97. The van der Waals surface area contributed by atoms with Crippen molar-refractivity contribution in [2.75, 3.05) is 0 Å². The molecule has 1 aromatic carbocycles. The van der Waals surface area contributed by atoms with Crippen LogP contribution < -0.4 is 0 Å². The van der Waals surface area contributed by atoms with Crippen molar-refractivity contribution in [2.24, 2.45) is 0 Å². The molecule has 0 bridgehead atoms. The van der Waals surface area contributed by atoms with Gasteiger partial charge in [-0.25, -0.2) is 12.7 Å². The number of hydrogen-bond acceptors (Lipinski definition) is 4. The minimum atomic E-state index is -3.92. The molecule has 1 fully saturated rings. The number of carbonyl (C=O) groups excluding carboxylic acids is 1. The van der Waals surface area contributed by atoms with Crippen molar-refractivity contribution in [3.63, 3.8) is 0 Å². The molecule has 0 aromatic heterocycles. The van der Waals surface area contributed by atoms with Gasteiger partial charge < -0.3 is 4.43 Å². The third-order valence-electron chi connectivity index (χ3n) is 6.05. The first kappa shape index (κ1) is 23.8. The number of allylic oxidation sites excluding steroid dienone is 1. The number of hydrogen-bond donors (Lipinski definition) is 0. The van der Waals surface area contributed by atoms with E-state index in [0.717, 1.165) is 9.87 Å². The molecule has 1 amide bonds. The fourth-order valence-electron chi connectivity index (χ4n) is 4.69. The molecule has 0 spiro atoms. The largest absolute Gasteiger partial charge is 0.402 e. The molecule has 1 aliphatic rings. The van der Waals surface area contributed by atoms with Crippen molar-refractivity contribution in [3.8, 4) is 0 Å². The predicted molar refractivity (Wildman–Crippen MR) is 120 cm³/mol. The molecule has 1 saturated heterocycles. The number of rotatable bonds is 8. The number of nitrogens with zero attached hydrogens (tertiary/aromatic N) is 1. The third kappa shape index (κ3) is 4.09. The van der Waals surface area contributed by atoms with Gasteiger partial charge in [0.05, 0.1) is 4.90 Å². The van der Waals surface area contributed by atoms with Crippen LogP contribution in [-0.4, -0.2) is 39.1 Å². The Labute approximate surface area is 177 Å². The van der Waals surface area contributed by atoms with Crippen LogP contribution in [-0.2, 0) is 19.2 Å². The van der Waals surface area contributed by atoms with E-state index in [4.69, 9.17) is 4.43 Å². The Morgan fingerprint density at radius 3 is 1.90 bits per heavy atom. The number of amides is 1. The number of carbonyl (C=O) groups is 1. The van der Waals surface area contributed by atoms with E-state index in [1.54, 1.807) is 36.4 Å². The lowest BCUT2D eigenvalue weighted by Crippen LogP contribution is -2.69. The van der Waals surface area contributed by atoms with Gasteiger partial charge >= 0.3 is 0 Å². The maximum atomic E-state index is 13.2. The first-order valence-electron chi connectivity index (χ1n) is 10.4. The summed E-state index contributed by atoms with van der Waals surface area (Å²) in [6.45, 7) is 16.6. The fraction of sp³-hybridized carbons (Fsp3) is 0.591. The Bertz CT molecular complexity index is 838. The first-order valence-corrected chi connectivity index (χ1v) is 13.9. The zero-order valence-corrected chi connectivity index (χ0v) is 20.7. The average Bonchev–Trinajstić information content (AvgIpc) is 2.61. The lowest BCUT2D eigenvalue weighted by molar-refractivity contribution is -0.150. The monoisotopic (exact) mass is 437 g/mol. The van der Waals surface area contributed by atoms with Gasteiger partial charge in [0.1, 0.15) is 6.04 Å². The summed E-state index contributed by atoms with van der Waals surface area (Å²) in [5, 5.41) is 0. The Balaban J connectivity index is 2.43. The van der Waals surface area contributed by atoms with Crippen molar-refractivity contribution >= 4 is 24.2 Å². The van der Waals surface area contributed by atoms with Gasteiger partial charge in [0.25, 0.3) is 15.9 Å². The summed E-state index contributed by atoms with van der Waals surface area (Å²) in [5.41, 5.74) is 1.89. The molecule has 2 rings (SSSR count). The number of aryl methyl sites for hydroxylation is 1. The minimum absolute atomic E-state index is 0.129. The lowest BCUT2D eigenvalue weighted by atomic mass is 10.0. The summed E-state index contributed by atoms with van der Waals surface area (Å²) in [5.74, 6) is -0.465. The van der Waals surface area contributed by atoms with Crippen molar-refractivity contribution in [1.29, 1.82) is 0 Å². The second kappa shape index (κ2) is 8.74. The highest BCUT2D eigenvalue weighted by molar-refractivity contribution is 7.89. The first-order chi connectivity index (χ1) is 13.4. The molecule has 1 aromatic rings. The zero-order chi connectivity index (χ0) is 22.1. The van der Waals surface area contributed by atoms with Crippen LogP contribution in [0.2, 0.25) is 16.6 Å². The molecule has 0 saturated carbocycles. The van der Waals surface area contributed by atoms with Crippen LogP contribution >= 0.6 is 0 Å². The van der Waals surface area contributed by atoms with Crippen molar-refractivity contribution in [3.05, 3.63) is 42.0 Å². The molecule has 2 atom stereocenters. The van der Waals surface area contributed by atoms with Gasteiger partial charge in [-0.3, -0.25) is 4.79 Å². The maximum Gasteiger partial charge on any atom is 0.267 e. The maximum absolute atomic E-state index is 13.2. The fourth-order valence-corrected chi connectivity index (χ4v) is 11.7. The molecular formula is C22H35NO4SSi. The van der Waals surface area contributed by atoms with E-state index in [-0.39, 0.29) is 4.90 Å². The van der Waals surface area contributed by atoms with Crippen LogP contribution in [0.5, 0.6) is 0 Å². The molecule has 0 N–H and O–H groups in total. The van der Waals surface area contributed by atoms with E-state index >= 15 is 0 Å². The molecular weight excluding hydrogens is 402 g/mol. The molecule has 162 valence electrons. The van der Waals surface area contributed by atoms with Gasteiger partial charge in [-0.1, -0.05) is 71.4 Å². The van der Waals surface area contributed by atoms with Crippen molar-refractivity contribution in [2.45, 2.75) is 89.1 Å². The summed E-state index contributed by atoms with van der Waals surface area (Å²) >= 11 is 0. The van der Waals surface area contributed by atoms with Gasteiger partial charge in [-0.05, 0) is 42.6 Å². The highest BCUT2D eigenvalue weighted by Gasteiger charge is 2.58. The molecule has 0 aliphatic carbocycles. The third-order valence-corrected chi connectivity index (χ3v) is 13.9. The Kier molecular flexibility index (Phi) is 7.18. The van der Waals surface area contributed by atoms with E-state index in [0.29, 0.717) is 16.6 Å². The van der Waals surface area contributed by atoms with Crippen LogP contribution in [0.3, 0.4) is 0 Å². The molecule has 1 heterocycles. The van der Waals surface area contributed by atoms with Gasteiger partial charge in [-0.2, -0.15) is 0 Å². The highest BCUT2D eigenvalue weighted by Crippen LogP contribution is 2.45. The van der Waals surface area contributed by atoms with E-state index in [1.807, 2.05) is 13.8 Å². The average molecular weight is 438 g/mol. The predicted octanol–water partition coefficient (Wildman–Crippen LogP) is 5.03.